The maximum Gasteiger partial charge on any atom is 0.194 e. The number of hydrogen-bond acceptors (Lipinski definition) is 4. The van der Waals surface area contributed by atoms with Crippen LogP contribution in [-0.2, 0) is 14.6 Å². The van der Waals surface area contributed by atoms with Crippen molar-refractivity contribution in [2.45, 2.75) is 38.9 Å². The molecule has 0 aromatic carbocycles. The van der Waals surface area contributed by atoms with Gasteiger partial charge < -0.3 is 15.0 Å². The number of aliphatic imine (C=N–C) groups is 1. The third-order valence-electron chi connectivity index (χ3n) is 4.59. The smallest absolute Gasteiger partial charge is 0.194 e. The van der Waals surface area contributed by atoms with Crippen LogP contribution in [0.2, 0.25) is 0 Å². The lowest BCUT2D eigenvalue weighted by Crippen LogP contribution is -2.57. The normalized spacial score (nSPS) is 31.3. The van der Waals surface area contributed by atoms with E-state index < -0.39 is 14.6 Å². The van der Waals surface area contributed by atoms with Gasteiger partial charge in [-0.3, -0.25) is 4.99 Å². The maximum absolute atomic E-state index is 12.1. The molecule has 1 unspecified atom stereocenters. The van der Waals surface area contributed by atoms with E-state index in [0.717, 1.165) is 32.1 Å². The summed E-state index contributed by atoms with van der Waals surface area (Å²) in [5.74, 6) is 1.00. The summed E-state index contributed by atoms with van der Waals surface area (Å²) in [6.07, 6.45) is 1.02. The SMILES string of the molecule is CCNC(=NCC1(C)CCOC1)N1CCS(=O)(=O)C(C)(C)C1. The molecule has 7 heteroatoms. The zero-order valence-corrected chi connectivity index (χ0v) is 15.0. The number of nitrogens with zero attached hydrogens (tertiary/aromatic N) is 2. The van der Waals surface area contributed by atoms with Crippen LogP contribution in [0.4, 0.5) is 0 Å². The van der Waals surface area contributed by atoms with E-state index in [0.29, 0.717) is 19.6 Å². The zero-order valence-electron chi connectivity index (χ0n) is 14.2. The highest BCUT2D eigenvalue weighted by Crippen LogP contribution is 2.28. The van der Waals surface area contributed by atoms with Crippen LogP contribution < -0.4 is 5.32 Å². The fraction of sp³-hybridized carbons (Fsp3) is 0.933. The Bertz CT molecular complexity index is 522. The number of rotatable bonds is 3. The second kappa shape index (κ2) is 6.35. The average Bonchev–Trinajstić information content (AvgIpc) is 2.85. The van der Waals surface area contributed by atoms with Crippen molar-refractivity contribution in [3.8, 4) is 0 Å². The molecule has 0 aromatic rings. The lowest BCUT2D eigenvalue weighted by atomic mass is 9.90. The van der Waals surface area contributed by atoms with Crippen molar-refractivity contribution in [1.29, 1.82) is 0 Å². The molecule has 0 aromatic heterocycles. The first-order chi connectivity index (χ1) is 10.2. The summed E-state index contributed by atoms with van der Waals surface area (Å²) in [5.41, 5.74) is 0.0953. The van der Waals surface area contributed by atoms with Gasteiger partial charge in [0, 0.05) is 31.7 Å². The van der Waals surface area contributed by atoms with E-state index in [9.17, 15) is 8.42 Å². The number of ether oxygens (including phenoxy) is 1. The van der Waals surface area contributed by atoms with Gasteiger partial charge in [-0.1, -0.05) is 6.92 Å². The van der Waals surface area contributed by atoms with Gasteiger partial charge in [0.25, 0.3) is 0 Å². The van der Waals surface area contributed by atoms with Gasteiger partial charge in [-0.2, -0.15) is 0 Å². The third kappa shape index (κ3) is 3.74. The van der Waals surface area contributed by atoms with Crippen molar-refractivity contribution in [3.63, 3.8) is 0 Å². The second-order valence-electron chi connectivity index (χ2n) is 7.28. The molecule has 2 rings (SSSR count). The highest BCUT2D eigenvalue weighted by molar-refractivity contribution is 7.92. The predicted molar refractivity (Wildman–Crippen MR) is 89.0 cm³/mol. The lowest BCUT2D eigenvalue weighted by molar-refractivity contribution is 0.162. The molecule has 128 valence electrons. The maximum atomic E-state index is 12.1. The van der Waals surface area contributed by atoms with Gasteiger partial charge in [0.2, 0.25) is 0 Å². The minimum atomic E-state index is -3.03. The minimum Gasteiger partial charge on any atom is -0.381 e. The van der Waals surface area contributed by atoms with Crippen molar-refractivity contribution < 1.29 is 13.2 Å². The highest BCUT2D eigenvalue weighted by Gasteiger charge is 2.41. The number of nitrogens with one attached hydrogen (secondary N) is 1. The molecular weight excluding hydrogens is 302 g/mol. The fourth-order valence-electron chi connectivity index (χ4n) is 2.85. The van der Waals surface area contributed by atoms with Crippen LogP contribution in [0, 0.1) is 5.41 Å². The standard InChI is InChI=1S/C15H29N3O3S/c1-5-16-13(17-10-15(4)6-8-21-12-15)18-7-9-22(19,20)14(2,3)11-18/h5-12H2,1-4H3,(H,16,17). The highest BCUT2D eigenvalue weighted by atomic mass is 32.2. The van der Waals surface area contributed by atoms with Crippen LogP contribution in [-0.4, -0.2) is 69.2 Å². The van der Waals surface area contributed by atoms with Crippen LogP contribution in [0.15, 0.2) is 4.99 Å². The Balaban J connectivity index is 2.11. The predicted octanol–water partition coefficient (Wildman–Crippen LogP) is 0.888. The molecule has 2 heterocycles. The van der Waals surface area contributed by atoms with Crippen molar-refractivity contribution in [3.05, 3.63) is 0 Å². The Morgan fingerprint density at radius 1 is 1.36 bits per heavy atom. The minimum absolute atomic E-state index is 0.0953. The van der Waals surface area contributed by atoms with Crippen LogP contribution >= 0.6 is 0 Å². The van der Waals surface area contributed by atoms with E-state index in [1.807, 2.05) is 6.92 Å². The molecule has 1 N–H and O–H groups in total. The Morgan fingerprint density at radius 3 is 2.64 bits per heavy atom. The van der Waals surface area contributed by atoms with Gasteiger partial charge in [0.15, 0.2) is 15.8 Å². The first-order valence-electron chi connectivity index (χ1n) is 8.02. The monoisotopic (exact) mass is 331 g/mol. The van der Waals surface area contributed by atoms with Crippen molar-refractivity contribution >= 4 is 15.8 Å². The summed E-state index contributed by atoms with van der Waals surface area (Å²) in [4.78, 5) is 6.83. The average molecular weight is 331 g/mol. The summed E-state index contributed by atoms with van der Waals surface area (Å²) in [5, 5.41) is 3.30. The molecule has 22 heavy (non-hydrogen) atoms. The van der Waals surface area contributed by atoms with Crippen LogP contribution in [0.3, 0.4) is 0 Å². The molecule has 0 spiro atoms. The molecule has 2 saturated heterocycles. The molecule has 0 bridgehead atoms. The van der Waals surface area contributed by atoms with Gasteiger partial charge in [-0.25, -0.2) is 8.42 Å². The lowest BCUT2D eigenvalue weighted by Gasteiger charge is -2.39. The van der Waals surface area contributed by atoms with E-state index in [4.69, 9.17) is 9.73 Å². The molecule has 2 aliphatic heterocycles. The first-order valence-corrected chi connectivity index (χ1v) is 9.68. The molecule has 0 amide bonds. The van der Waals surface area contributed by atoms with Crippen LogP contribution in [0.1, 0.15) is 34.1 Å². The summed E-state index contributed by atoms with van der Waals surface area (Å²) >= 11 is 0. The van der Waals surface area contributed by atoms with Gasteiger partial charge in [-0.05, 0) is 27.2 Å². The molecule has 1 atom stereocenters. The van der Waals surface area contributed by atoms with Gasteiger partial charge in [0.1, 0.15) is 0 Å². The Morgan fingerprint density at radius 2 is 2.09 bits per heavy atom. The second-order valence-corrected chi connectivity index (χ2v) is 10.0. The Kier molecular flexibility index (Phi) is 5.06. The Labute approximate surface area is 134 Å². The molecule has 0 saturated carbocycles. The quantitative estimate of drug-likeness (QED) is 0.614. The largest absolute Gasteiger partial charge is 0.381 e. The zero-order chi connectivity index (χ0) is 16.4. The number of sulfone groups is 1. The summed E-state index contributed by atoms with van der Waals surface area (Å²) in [6.45, 7) is 11.8. The van der Waals surface area contributed by atoms with Crippen molar-refractivity contribution in [1.82, 2.24) is 10.2 Å². The van der Waals surface area contributed by atoms with E-state index in [1.165, 1.54) is 0 Å². The summed E-state index contributed by atoms with van der Waals surface area (Å²) in [7, 11) is -3.03. The van der Waals surface area contributed by atoms with E-state index in [-0.39, 0.29) is 11.2 Å². The third-order valence-corrected chi connectivity index (χ3v) is 7.12. The molecule has 0 radical (unpaired) electrons. The Hall–Kier alpha value is -0.820. The van der Waals surface area contributed by atoms with Crippen LogP contribution in [0.5, 0.6) is 0 Å². The van der Waals surface area contributed by atoms with E-state index >= 15 is 0 Å². The molecule has 2 fully saturated rings. The molecular formula is C15H29N3O3S. The number of guanidine groups is 1. The van der Waals surface area contributed by atoms with Crippen molar-refractivity contribution in [2.75, 3.05) is 45.1 Å². The van der Waals surface area contributed by atoms with E-state index in [1.54, 1.807) is 13.8 Å². The molecule has 6 nitrogen and oxygen atoms in total. The van der Waals surface area contributed by atoms with Gasteiger partial charge >= 0.3 is 0 Å². The van der Waals surface area contributed by atoms with Gasteiger partial charge in [-0.15, -0.1) is 0 Å². The van der Waals surface area contributed by atoms with Crippen molar-refractivity contribution in [2.24, 2.45) is 10.4 Å². The first kappa shape index (κ1) is 17.5. The van der Waals surface area contributed by atoms with Crippen LogP contribution in [0.25, 0.3) is 0 Å². The molecule has 2 aliphatic rings. The summed E-state index contributed by atoms with van der Waals surface area (Å²) in [6, 6.07) is 0. The number of hydrogen-bond donors (Lipinski definition) is 1. The molecule has 0 aliphatic carbocycles. The summed E-state index contributed by atoms with van der Waals surface area (Å²) < 4.78 is 29.0. The van der Waals surface area contributed by atoms with E-state index in [2.05, 4.69) is 17.1 Å². The topological polar surface area (TPSA) is 71.0 Å². The van der Waals surface area contributed by atoms with Gasteiger partial charge in [0.05, 0.1) is 23.7 Å². The fourth-order valence-corrected chi connectivity index (χ4v) is 4.22.